The van der Waals surface area contributed by atoms with E-state index in [9.17, 15) is 14.4 Å². The van der Waals surface area contributed by atoms with Crippen LogP contribution in [-0.2, 0) is 14.4 Å². The summed E-state index contributed by atoms with van der Waals surface area (Å²) in [5.74, 6) is -1.74. The van der Waals surface area contributed by atoms with Crippen molar-refractivity contribution in [3.05, 3.63) is 0 Å². The minimum absolute atomic E-state index is 0.0591. The zero-order valence-electron chi connectivity index (χ0n) is 11.1. The molecular formula is C13H20N2O4. The van der Waals surface area contributed by atoms with Gasteiger partial charge in [0.2, 0.25) is 11.8 Å². The molecule has 2 fully saturated rings. The largest absolute Gasteiger partial charge is 0.481 e. The molecule has 2 aliphatic carbocycles. The van der Waals surface area contributed by atoms with Crippen LogP contribution in [0.3, 0.4) is 0 Å². The van der Waals surface area contributed by atoms with Crippen LogP contribution < -0.4 is 5.32 Å². The molecule has 2 rings (SSSR count). The molecular weight excluding hydrogens is 248 g/mol. The number of carboxylic acids is 1. The van der Waals surface area contributed by atoms with Crippen molar-refractivity contribution in [3.8, 4) is 0 Å². The summed E-state index contributed by atoms with van der Waals surface area (Å²) in [6.45, 7) is 0.0591. The fourth-order valence-corrected chi connectivity index (χ4v) is 2.54. The van der Waals surface area contributed by atoms with Gasteiger partial charge in [-0.1, -0.05) is 0 Å². The van der Waals surface area contributed by atoms with Gasteiger partial charge in [0.25, 0.3) is 0 Å². The number of nitrogens with one attached hydrogen (secondary N) is 1. The predicted molar refractivity (Wildman–Crippen MR) is 67.3 cm³/mol. The van der Waals surface area contributed by atoms with Crippen molar-refractivity contribution in [2.75, 3.05) is 13.6 Å². The highest BCUT2D eigenvalue weighted by molar-refractivity contribution is 5.86. The van der Waals surface area contributed by atoms with Gasteiger partial charge in [-0.25, -0.2) is 0 Å². The first-order chi connectivity index (χ1) is 8.97. The zero-order valence-corrected chi connectivity index (χ0v) is 11.1. The Morgan fingerprint density at radius 2 is 1.79 bits per heavy atom. The maximum Gasteiger partial charge on any atom is 0.306 e. The number of carbonyl (C=O) groups is 3. The first-order valence-corrected chi connectivity index (χ1v) is 6.74. The van der Waals surface area contributed by atoms with Gasteiger partial charge >= 0.3 is 5.97 Å². The number of carboxylic acid groups (broad SMARTS) is 1. The van der Waals surface area contributed by atoms with Gasteiger partial charge in [0.15, 0.2) is 0 Å². The van der Waals surface area contributed by atoms with Gasteiger partial charge < -0.3 is 15.3 Å². The van der Waals surface area contributed by atoms with Crippen molar-refractivity contribution in [1.29, 1.82) is 0 Å². The average Bonchev–Trinajstić information content (AvgIpc) is 3.00. The second-order valence-electron chi connectivity index (χ2n) is 5.58. The van der Waals surface area contributed by atoms with Crippen molar-refractivity contribution in [1.82, 2.24) is 10.2 Å². The van der Waals surface area contributed by atoms with Crippen molar-refractivity contribution in [2.45, 2.75) is 38.1 Å². The molecule has 19 heavy (non-hydrogen) atoms. The van der Waals surface area contributed by atoms with Gasteiger partial charge in [0, 0.05) is 19.0 Å². The van der Waals surface area contributed by atoms with Gasteiger partial charge in [-0.2, -0.15) is 0 Å². The standard InChI is InChI=1S/C13H20N2O4/c1-15(7-11(16)14-10-4-5-10)12(17)8-2-3-9(6-8)13(18)19/h8-10H,2-7H2,1H3,(H,14,16)(H,18,19). The van der Waals surface area contributed by atoms with Gasteiger partial charge in [0.1, 0.15) is 0 Å². The third-order valence-corrected chi connectivity index (χ3v) is 3.83. The summed E-state index contributed by atoms with van der Waals surface area (Å²) >= 11 is 0. The molecule has 2 atom stereocenters. The average molecular weight is 268 g/mol. The number of carbonyl (C=O) groups excluding carboxylic acids is 2. The molecule has 2 aliphatic rings. The molecule has 2 saturated carbocycles. The van der Waals surface area contributed by atoms with Crippen LogP contribution in [0.4, 0.5) is 0 Å². The number of aliphatic carboxylic acids is 1. The van der Waals surface area contributed by atoms with Crippen LogP contribution in [0.2, 0.25) is 0 Å². The van der Waals surface area contributed by atoms with E-state index in [-0.39, 0.29) is 24.3 Å². The first-order valence-electron chi connectivity index (χ1n) is 6.74. The molecule has 2 unspecified atom stereocenters. The summed E-state index contributed by atoms with van der Waals surface area (Å²) in [5.41, 5.74) is 0. The van der Waals surface area contributed by atoms with Crippen molar-refractivity contribution in [3.63, 3.8) is 0 Å². The summed E-state index contributed by atoms with van der Waals surface area (Å²) in [7, 11) is 1.60. The molecule has 0 aromatic heterocycles. The van der Waals surface area contributed by atoms with Gasteiger partial charge in [-0.05, 0) is 32.1 Å². The highest BCUT2D eigenvalue weighted by Gasteiger charge is 2.35. The topological polar surface area (TPSA) is 86.7 Å². The molecule has 2 N–H and O–H groups in total. The lowest BCUT2D eigenvalue weighted by atomic mass is 10.0. The first kappa shape index (κ1) is 13.8. The molecule has 6 nitrogen and oxygen atoms in total. The Balaban J connectivity index is 1.78. The lowest BCUT2D eigenvalue weighted by molar-refractivity contribution is -0.142. The minimum atomic E-state index is -0.829. The van der Waals surface area contributed by atoms with Crippen molar-refractivity contribution < 1.29 is 19.5 Å². The maximum atomic E-state index is 12.1. The summed E-state index contributed by atoms with van der Waals surface area (Å²) in [6.07, 6.45) is 3.58. The highest BCUT2D eigenvalue weighted by atomic mass is 16.4. The van der Waals surface area contributed by atoms with Gasteiger partial charge in [-0.15, -0.1) is 0 Å². The van der Waals surface area contributed by atoms with Crippen molar-refractivity contribution in [2.24, 2.45) is 11.8 Å². The van der Waals surface area contributed by atoms with E-state index in [0.717, 1.165) is 12.8 Å². The second-order valence-corrected chi connectivity index (χ2v) is 5.58. The van der Waals surface area contributed by atoms with Gasteiger partial charge in [-0.3, -0.25) is 14.4 Å². The van der Waals surface area contributed by atoms with E-state index >= 15 is 0 Å². The van der Waals surface area contributed by atoms with Gasteiger partial charge in [0.05, 0.1) is 12.5 Å². The van der Waals surface area contributed by atoms with Crippen molar-refractivity contribution >= 4 is 17.8 Å². The molecule has 0 aromatic carbocycles. The van der Waals surface area contributed by atoms with Crippen LogP contribution >= 0.6 is 0 Å². The van der Waals surface area contributed by atoms with Crippen LogP contribution in [0.25, 0.3) is 0 Å². The Labute approximate surface area is 112 Å². The highest BCUT2D eigenvalue weighted by Crippen LogP contribution is 2.32. The molecule has 0 spiro atoms. The lowest BCUT2D eigenvalue weighted by Gasteiger charge is -2.20. The van der Waals surface area contributed by atoms with E-state index in [1.807, 2.05) is 0 Å². The van der Waals surface area contributed by atoms with Crippen LogP contribution in [0, 0.1) is 11.8 Å². The summed E-state index contributed by atoms with van der Waals surface area (Å²) in [5, 5.41) is 11.7. The van der Waals surface area contributed by atoms with Crippen LogP contribution in [0.15, 0.2) is 0 Å². The number of hydrogen-bond acceptors (Lipinski definition) is 3. The molecule has 0 aliphatic heterocycles. The molecule has 0 bridgehead atoms. The number of amides is 2. The van der Waals surface area contributed by atoms with Crippen LogP contribution in [0.5, 0.6) is 0 Å². The fourth-order valence-electron chi connectivity index (χ4n) is 2.54. The van der Waals surface area contributed by atoms with E-state index < -0.39 is 11.9 Å². The quantitative estimate of drug-likeness (QED) is 0.747. The Bertz CT molecular complexity index is 392. The van der Waals surface area contributed by atoms with E-state index in [1.54, 1.807) is 7.05 Å². The Morgan fingerprint density at radius 3 is 2.32 bits per heavy atom. The van der Waals surface area contributed by atoms with Crippen LogP contribution in [0.1, 0.15) is 32.1 Å². The number of likely N-dealkylation sites (N-methyl/N-ethyl adjacent to an activating group) is 1. The third kappa shape index (κ3) is 3.68. The normalized spacial score (nSPS) is 25.9. The molecule has 6 heteroatoms. The van der Waals surface area contributed by atoms with E-state index in [1.165, 1.54) is 4.90 Å². The molecule has 0 aromatic rings. The minimum Gasteiger partial charge on any atom is -0.481 e. The molecule has 2 amide bonds. The lowest BCUT2D eigenvalue weighted by Crippen LogP contribution is -2.41. The van der Waals surface area contributed by atoms with E-state index in [4.69, 9.17) is 5.11 Å². The molecule has 106 valence electrons. The van der Waals surface area contributed by atoms with E-state index in [2.05, 4.69) is 5.32 Å². The second kappa shape index (κ2) is 5.59. The summed E-state index contributed by atoms with van der Waals surface area (Å²) in [4.78, 5) is 36.0. The number of nitrogens with zero attached hydrogens (tertiary/aromatic N) is 1. The molecule has 0 saturated heterocycles. The number of rotatable bonds is 5. The third-order valence-electron chi connectivity index (χ3n) is 3.83. The van der Waals surface area contributed by atoms with E-state index in [0.29, 0.717) is 25.3 Å². The SMILES string of the molecule is CN(CC(=O)NC1CC1)C(=O)C1CCC(C(=O)O)C1. The Hall–Kier alpha value is -1.59. The Kier molecular flexibility index (Phi) is 4.07. The fraction of sp³-hybridized carbons (Fsp3) is 0.769. The summed E-state index contributed by atoms with van der Waals surface area (Å²) in [6, 6.07) is 0.291. The van der Waals surface area contributed by atoms with Crippen LogP contribution in [-0.4, -0.2) is 47.4 Å². The smallest absolute Gasteiger partial charge is 0.306 e. The maximum absolute atomic E-state index is 12.1. The molecule has 0 heterocycles. The monoisotopic (exact) mass is 268 g/mol. The zero-order chi connectivity index (χ0) is 14.0. The Morgan fingerprint density at radius 1 is 1.16 bits per heavy atom. The summed E-state index contributed by atoms with van der Waals surface area (Å²) < 4.78 is 0. The number of hydrogen-bond donors (Lipinski definition) is 2. The molecule has 0 radical (unpaired) electrons. The predicted octanol–water partition coefficient (Wildman–Crippen LogP) is 0.224.